The van der Waals surface area contributed by atoms with Crippen molar-refractivity contribution in [2.45, 2.75) is 77.2 Å². The lowest BCUT2D eigenvalue weighted by Gasteiger charge is -2.34. The number of hydrogen-bond donors (Lipinski definition) is 0. The number of ether oxygens (including phenoxy) is 3. The van der Waals surface area contributed by atoms with Gasteiger partial charge in [-0.1, -0.05) is 162 Å². The predicted octanol–water partition coefficient (Wildman–Crippen LogP) is 12.5. The third-order valence-corrected chi connectivity index (χ3v) is 14.9. The van der Waals surface area contributed by atoms with Gasteiger partial charge in [-0.25, -0.2) is 0 Å². The molecule has 0 N–H and O–H groups in total. The van der Waals surface area contributed by atoms with Crippen molar-refractivity contribution in [2.75, 3.05) is 0 Å². The Labute approximate surface area is 312 Å². The second-order valence-corrected chi connectivity index (χ2v) is 17.7. The molecule has 52 heavy (non-hydrogen) atoms. The van der Waals surface area contributed by atoms with Gasteiger partial charge in [0.25, 0.3) is 0 Å². The van der Waals surface area contributed by atoms with Crippen LogP contribution in [-0.4, -0.2) is 8.07 Å². The highest BCUT2D eigenvalue weighted by Crippen LogP contribution is 2.27. The molecule has 6 aromatic carbocycles. The zero-order valence-electron chi connectivity index (χ0n) is 30.6. The van der Waals surface area contributed by atoms with E-state index in [0.717, 1.165) is 40.5 Å². The summed E-state index contributed by atoms with van der Waals surface area (Å²) in [5.41, 5.74) is 0. The van der Waals surface area contributed by atoms with Crippen LogP contribution in [-0.2, 0) is 0 Å². The van der Waals surface area contributed by atoms with Crippen molar-refractivity contribution in [3.05, 3.63) is 164 Å². The van der Waals surface area contributed by atoms with Gasteiger partial charge in [0.1, 0.15) is 42.6 Å². The molecule has 0 aromatic heterocycles. The number of rotatable bonds is 20. The molecule has 0 aliphatic rings. The third-order valence-electron chi connectivity index (χ3n) is 9.88. The Bertz CT molecular complexity index is 1650. The van der Waals surface area contributed by atoms with Crippen LogP contribution in [0.3, 0.4) is 0 Å². The van der Waals surface area contributed by atoms with Crippen LogP contribution in [0.15, 0.2) is 164 Å². The molecule has 0 bridgehead atoms. The maximum atomic E-state index is 6.25. The Hall–Kier alpha value is -5.06. The third kappa shape index (κ3) is 10.3. The largest absolute Gasteiger partial charge is 0.457 e. The van der Waals surface area contributed by atoms with Crippen LogP contribution in [0.2, 0.25) is 6.04 Å². The number of unbranched alkanes of at least 4 members (excludes halogenated alkanes) is 9. The van der Waals surface area contributed by atoms with E-state index in [2.05, 4.69) is 79.7 Å². The molecule has 0 amide bonds. The summed E-state index contributed by atoms with van der Waals surface area (Å²) in [6.07, 6.45) is 13.2. The van der Waals surface area contributed by atoms with E-state index in [1.54, 1.807) is 0 Å². The van der Waals surface area contributed by atoms with E-state index >= 15 is 0 Å². The lowest BCUT2D eigenvalue weighted by atomic mass is 10.1. The fraction of sp³-hybridized carbons (Fsp3) is 0.250. The van der Waals surface area contributed by atoms with Gasteiger partial charge in [-0.05, 0) is 94.4 Å². The van der Waals surface area contributed by atoms with Gasteiger partial charge >= 0.3 is 0 Å². The van der Waals surface area contributed by atoms with Crippen LogP contribution < -0.4 is 29.8 Å². The second kappa shape index (κ2) is 19.5. The lowest BCUT2D eigenvalue weighted by Crippen LogP contribution is -2.66. The smallest absolute Gasteiger partial charge is 0.148 e. The molecule has 6 rings (SSSR count). The molecule has 0 saturated carbocycles. The molecular weight excluding hydrogens is 653 g/mol. The van der Waals surface area contributed by atoms with Gasteiger partial charge in [-0.2, -0.15) is 0 Å². The van der Waals surface area contributed by atoms with Gasteiger partial charge in [0.15, 0.2) is 0 Å². The lowest BCUT2D eigenvalue weighted by molar-refractivity contribution is 0.482. The molecule has 0 spiro atoms. The fourth-order valence-corrected chi connectivity index (χ4v) is 12.0. The van der Waals surface area contributed by atoms with Gasteiger partial charge in [-0.3, -0.25) is 0 Å². The summed E-state index contributed by atoms with van der Waals surface area (Å²) >= 11 is 0. The summed E-state index contributed by atoms with van der Waals surface area (Å²) in [6.45, 7) is 2.29. The van der Waals surface area contributed by atoms with Gasteiger partial charge < -0.3 is 14.2 Å². The maximum Gasteiger partial charge on any atom is 0.148 e. The summed E-state index contributed by atoms with van der Waals surface area (Å²) in [7, 11) is -2.53. The Balaban J connectivity index is 1.31. The van der Waals surface area contributed by atoms with E-state index in [0.29, 0.717) is 0 Å². The van der Waals surface area contributed by atoms with Crippen LogP contribution in [0.4, 0.5) is 0 Å². The quantitative estimate of drug-likeness (QED) is 0.0450. The molecule has 266 valence electrons. The SMILES string of the molecule is CCCCCCCCCCCC[Si](c1ccc(Oc2ccccc2)cc1)(c1ccc(Oc2ccccc2)cc1)c1ccc(Oc2ccccc2)cc1. The zero-order chi connectivity index (χ0) is 35.7. The first-order valence-electron chi connectivity index (χ1n) is 19.2. The number of benzene rings is 6. The zero-order valence-corrected chi connectivity index (χ0v) is 31.6. The van der Waals surface area contributed by atoms with Gasteiger partial charge in [0, 0.05) is 0 Å². The first kappa shape index (κ1) is 36.7. The Morgan fingerprint density at radius 3 is 0.885 bits per heavy atom. The van der Waals surface area contributed by atoms with Crippen LogP contribution in [0, 0.1) is 0 Å². The Kier molecular flexibility index (Phi) is 13.8. The molecule has 0 saturated heterocycles. The van der Waals surface area contributed by atoms with Crippen LogP contribution in [0.5, 0.6) is 34.5 Å². The highest BCUT2D eigenvalue weighted by atomic mass is 28.3. The molecule has 0 aliphatic heterocycles. The van der Waals surface area contributed by atoms with E-state index in [1.807, 2.05) is 91.0 Å². The van der Waals surface area contributed by atoms with Crippen molar-refractivity contribution in [1.82, 2.24) is 0 Å². The highest BCUT2D eigenvalue weighted by Gasteiger charge is 2.39. The average Bonchev–Trinajstić information content (AvgIpc) is 3.20. The molecule has 0 heterocycles. The van der Waals surface area contributed by atoms with E-state index in [1.165, 1.54) is 79.8 Å². The first-order valence-corrected chi connectivity index (χ1v) is 21.4. The van der Waals surface area contributed by atoms with Crippen molar-refractivity contribution < 1.29 is 14.2 Å². The standard InChI is InChI=1S/C48H52O3Si/c1-2-3-4-5-6-7-8-9-10-20-39-52(46-33-27-43(28-34-46)49-40-21-14-11-15-22-40,47-35-29-44(30-36-47)50-41-23-16-12-17-24-41)48-37-31-45(32-38-48)51-42-25-18-13-19-26-42/h11-19,21-38H,2-10,20,39H2,1H3. The summed E-state index contributed by atoms with van der Waals surface area (Å²) in [5.74, 6) is 5.05. The Morgan fingerprint density at radius 2 is 0.577 bits per heavy atom. The highest BCUT2D eigenvalue weighted by molar-refractivity contribution is 7.11. The Morgan fingerprint density at radius 1 is 0.308 bits per heavy atom. The topological polar surface area (TPSA) is 27.7 Å². The normalized spacial score (nSPS) is 11.2. The van der Waals surface area contributed by atoms with E-state index in [9.17, 15) is 0 Å². The molecule has 0 unspecified atom stereocenters. The van der Waals surface area contributed by atoms with Crippen molar-refractivity contribution in [1.29, 1.82) is 0 Å². The molecule has 0 radical (unpaired) electrons. The minimum atomic E-state index is -2.53. The van der Waals surface area contributed by atoms with Gasteiger partial charge in [0.05, 0.1) is 0 Å². The van der Waals surface area contributed by atoms with Crippen LogP contribution in [0.1, 0.15) is 71.1 Å². The van der Waals surface area contributed by atoms with E-state index < -0.39 is 8.07 Å². The first-order chi connectivity index (χ1) is 25.7. The van der Waals surface area contributed by atoms with Crippen molar-refractivity contribution in [2.24, 2.45) is 0 Å². The average molecular weight is 705 g/mol. The van der Waals surface area contributed by atoms with Gasteiger partial charge in [0.2, 0.25) is 0 Å². The summed E-state index contributed by atoms with van der Waals surface area (Å²) in [5, 5.41) is 4.12. The summed E-state index contributed by atoms with van der Waals surface area (Å²) in [4.78, 5) is 0. The molecule has 0 fully saturated rings. The van der Waals surface area contributed by atoms with Crippen molar-refractivity contribution in [3.8, 4) is 34.5 Å². The minimum absolute atomic E-state index is 0.840. The number of para-hydroxylation sites is 3. The number of hydrogen-bond acceptors (Lipinski definition) is 3. The van der Waals surface area contributed by atoms with Crippen molar-refractivity contribution >= 4 is 23.6 Å². The van der Waals surface area contributed by atoms with Gasteiger partial charge in [-0.15, -0.1) is 0 Å². The molecule has 0 aliphatic carbocycles. The molecule has 0 atom stereocenters. The predicted molar refractivity (Wildman–Crippen MR) is 220 cm³/mol. The summed E-state index contributed by atoms with van der Waals surface area (Å²) < 4.78 is 18.8. The molecule has 3 nitrogen and oxygen atoms in total. The monoisotopic (exact) mass is 704 g/mol. The van der Waals surface area contributed by atoms with Crippen molar-refractivity contribution in [3.63, 3.8) is 0 Å². The fourth-order valence-electron chi connectivity index (χ4n) is 7.11. The molecule has 6 aromatic rings. The maximum absolute atomic E-state index is 6.25. The molecular formula is C48H52O3Si. The second-order valence-electron chi connectivity index (χ2n) is 13.7. The van der Waals surface area contributed by atoms with Crippen LogP contribution in [0.25, 0.3) is 0 Å². The van der Waals surface area contributed by atoms with Crippen LogP contribution >= 0.6 is 0 Å². The minimum Gasteiger partial charge on any atom is -0.457 e. The van der Waals surface area contributed by atoms with E-state index in [-0.39, 0.29) is 0 Å². The molecule has 4 heteroatoms. The summed E-state index contributed by atoms with van der Waals surface area (Å²) in [6, 6.07) is 57.8. The van der Waals surface area contributed by atoms with E-state index in [4.69, 9.17) is 14.2 Å².